The highest BCUT2D eigenvalue weighted by atomic mass is 16.2. The standard InChI is InChI=1S/C18H21N4O3/c1-20(2)17(9-10-17)12-4-6-13(7-5-12)22-15(24)18(14(19)23)8-3-11-21(18)16(22)25/h4-8H,3,9-11H2,1-2H3,(H2,19,23)/t18-/m0/s1. The molecular formula is C18H21N4O3. The predicted molar refractivity (Wildman–Crippen MR) is 91.5 cm³/mol. The Bertz CT molecular complexity index is 769. The Hall–Kier alpha value is -2.41. The predicted octanol–water partition coefficient (Wildman–Crippen LogP) is 0.838. The van der Waals surface area contributed by atoms with Crippen LogP contribution in [0.25, 0.3) is 0 Å². The van der Waals surface area contributed by atoms with E-state index in [4.69, 9.17) is 5.73 Å². The van der Waals surface area contributed by atoms with Gasteiger partial charge in [0.25, 0.3) is 11.8 Å². The molecule has 1 radical (unpaired) electrons. The van der Waals surface area contributed by atoms with Gasteiger partial charge in [-0.2, -0.15) is 0 Å². The van der Waals surface area contributed by atoms with Gasteiger partial charge in [-0.25, -0.2) is 9.69 Å². The van der Waals surface area contributed by atoms with Crippen LogP contribution in [0.15, 0.2) is 24.3 Å². The van der Waals surface area contributed by atoms with Crippen LogP contribution in [0.2, 0.25) is 0 Å². The van der Waals surface area contributed by atoms with E-state index in [1.165, 1.54) is 4.90 Å². The van der Waals surface area contributed by atoms with Crippen LogP contribution in [0.5, 0.6) is 0 Å². The summed E-state index contributed by atoms with van der Waals surface area (Å²) in [5, 5.41) is 0. The van der Waals surface area contributed by atoms with Crippen molar-refractivity contribution in [2.24, 2.45) is 5.73 Å². The highest BCUT2D eigenvalue weighted by molar-refractivity contribution is 6.32. The number of urea groups is 1. The Labute approximate surface area is 146 Å². The van der Waals surface area contributed by atoms with E-state index in [0.717, 1.165) is 23.3 Å². The first-order valence-electron chi connectivity index (χ1n) is 8.43. The molecule has 2 saturated heterocycles. The summed E-state index contributed by atoms with van der Waals surface area (Å²) in [6.07, 6.45) is 4.22. The number of carbonyl (C=O) groups is 3. The van der Waals surface area contributed by atoms with Crippen molar-refractivity contribution in [2.75, 3.05) is 25.5 Å². The first kappa shape index (κ1) is 16.1. The molecule has 2 heterocycles. The van der Waals surface area contributed by atoms with E-state index in [0.29, 0.717) is 18.7 Å². The van der Waals surface area contributed by atoms with Crippen LogP contribution in [0.1, 0.15) is 24.8 Å². The minimum absolute atomic E-state index is 0.0553. The summed E-state index contributed by atoms with van der Waals surface area (Å²) in [7, 11) is 4.10. The fourth-order valence-electron chi connectivity index (χ4n) is 4.12. The number of fused-ring (bicyclic) bond motifs is 1. The first-order chi connectivity index (χ1) is 11.8. The van der Waals surface area contributed by atoms with Crippen molar-refractivity contribution in [1.82, 2.24) is 9.80 Å². The summed E-state index contributed by atoms with van der Waals surface area (Å²) in [6, 6.07) is 6.95. The number of rotatable bonds is 4. The fourth-order valence-corrected chi connectivity index (χ4v) is 4.12. The second-order valence-corrected chi connectivity index (χ2v) is 7.17. The average Bonchev–Trinajstić information content (AvgIpc) is 3.21. The second-order valence-electron chi connectivity index (χ2n) is 7.17. The molecule has 1 aromatic rings. The molecule has 25 heavy (non-hydrogen) atoms. The van der Waals surface area contributed by atoms with Gasteiger partial charge in [-0.05, 0) is 51.1 Å². The van der Waals surface area contributed by atoms with Crippen molar-refractivity contribution in [1.29, 1.82) is 0 Å². The molecule has 0 aromatic heterocycles. The van der Waals surface area contributed by atoms with E-state index in [2.05, 4.69) is 19.0 Å². The molecule has 0 unspecified atom stereocenters. The fraction of sp³-hybridized carbons (Fsp3) is 0.444. The van der Waals surface area contributed by atoms with Gasteiger partial charge in [-0.3, -0.25) is 14.5 Å². The Morgan fingerprint density at radius 1 is 1.16 bits per heavy atom. The van der Waals surface area contributed by atoms with Crippen molar-refractivity contribution in [3.8, 4) is 0 Å². The Morgan fingerprint density at radius 2 is 1.80 bits per heavy atom. The summed E-state index contributed by atoms with van der Waals surface area (Å²) in [5.74, 6) is -1.38. The quantitative estimate of drug-likeness (QED) is 0.649. The molecule has 2 N–H and O–H groups in total. The van der Waals surface area contributed by atoms with Gasteiger partial charge in [0.1, 0.15) is 0 Å². The third-order valence-electron chi connectivity index (χ3n) is 5.79. The van der Waals surface area contributed by atoms with Gasteiger partial charge in [0.05, 0.1) is 5.69 Å². The molecular weight excluding hydrogens is 320 g/mol. The molecule has 131 valence electrons. The number of benzene rings is 1. The third kappa shape index (κ3) is 1.93. The lowest BCUT2D eigenvalue weighted by atomic mass is 9.95. The molecule has 2 aliphatic heterocycles. The molecule has 1 saturated carbocycles. The number of carbonyl (C=O) groups excluding carboxylic acids is 3. The smallest absolute Gasteiger partial charge is 0.332 e. The molecule has 1 aromatic carbocycles. The maximum atomic E-state index is 12.9. The number of primary amides is 1. The van der Waals surface area contributed by atoms with Crippen molar-refractivity contribution in [2.45, 2.75) is 30.3 Å². The molecule has 0 spiro atoms. The van der Waals surface area contributed by atoms with Crippen LogP contribution in [-0.4, -0.2) is 53.8 Å². The maximum Gasteiger partial charge on any atom is 0.332 e. The zero-order chi connectivity index (χ0) is 18.0. The van der Waals surface area contributed by atoms with Gasteiger partial charge in [0.2, 0.25) is 5.54 Å². The highest BCUT2D eigenvalue weighted by Gasteiger charge is 2.64. The molecule has 1 atom stereocenters. The van der Waals surface area contributed by atoms with Crippen LogP contribution in [0.4, 0.5) is 10.5 Å². The minimum Gasteiger partial charge on any atom is -0.367 e. The topological polar surface area (TPSA) is 86.9 Å². The van der Waals surface area contributed by atoms with Gasteiger partial charge in [-0.15, -0.1) is 0 Å². The zero-order valence-corrected chi connectivity index (χ0v) is 14.4. The average molecular weight is 341 g/mol. The summed E-state index contributed by atoms with van der Waals surface area (Å²) in [5.41, 5.74) is 5.53. The summed E-state index contributed by atoms with van der Waals surface area (Å²) in [6.45, 7) is 0.325. The van der Waals surface area contributed by atoms with Gasteiger partial charge in [-0.1, -0.05) is 12.1 Å². The second kappa shape index (κ2) is 5.05. The lowest BCUT2D eigenvalue weighted by Gasteiger charge is -2.25. The van der Waals surface area contributed by atoms with Crippen molar-refractivity contribution in [3.05, 3.63) is 36.2 Å². The number of hydrogen-bond donors (Lipinski definition) is 1. The van der Waals surface area contributed by atoms with E-state index in [1.54, 1.807) is 18.6 Å². The van der Waals surface area contributed by atoms with Gasteiger partial charge < -0.3 is 10.6 Å². The van der Waals surface area contributed by atoms with Crippen LogP contribution >= 0.6 is 0 Å². The van der Waals surface area contributed by atoms with Crippen LogP contribution in [-0.2, 0) is 15.1 Å². The lowest BCUT2D eigenvalue weighted by molar-refractivity contribution is -0.134. The summed E-state index contributed by atoms with van der Waals surface area (Å²) < 4.78 is 0. The molecule has 7 heteroatoms. The summed E-state index contributed by atoms with van der Waals surface area (Å²) in [4.78, 5) is 42.1. The zero-order valence-electron chi connectivity index (χ0n) is 14.4. The molecule has 4 rings (SSSR count). The van der Waals surface area contributed by atoms with Gasteiger partial charge in [0, 0.05) is 18.5 Å². The summed E-state index contributed by atoms with van der Waals surface area (Å²) >= 11 is 0. The molecule has 1 aliphatic carbocycles. The molecule has 3 fully saturated rings. The Balaban J connectivity index is 1.68. The van der Waals surface area contributed by atoms with E-state index < -0.39 is 23.4 Å². The highest BCUT2D eigenvalue weighted by Crippen LogP contribution is 2.50. The monoisotopic (exact) mass is 341 g/mol. The first-order valence-corrected chi connectivity index (χ1v) is 8.43. The van der Waals surface area contributed by atoms with Crippen molar-refractivity contribution in [3.63, 3.8) is 0 Å². The van der Waals surface area contributed by atoms with E-state index in [-0.39, 0.29) is 5.54 Å². The third-order valence-corrected chi connectivity index (χ3v) is 5.79. The number of imide groups is 1. The maximum absolute atomic E-state index is 12.9. The van der Waals surface area contributed by atoms with E-state index in [1.807, 2.05) is 12.1 Å². The molecule has 0 bridgehead atoms. The lowest BCUT2D eigenvalue weighted by Crippen LogP contribution is -2.55. The minimum atomic E-state index is -1.63. The SMILES string of the molecule is CN(C)C1(c2ccc(N3C(=O)N4CC[CH][C@]4(C(N)=O)C3=O)cc2)CC1. The number of nitrogens with two attached hydrogens (primary N) is 1. The van der Waals surface area contributed by atoms with Gasteiger partial charge in [0.15, 0.2) is 0 Å². The number of amides is 4. The van der Waals surface area contributed by atoms with Crippen molar-refractivity contribution >= 4 is 23.5 Å². The Kier molecular flexibility index (Phi) is 3.25. The number of hydrogen-bond acceptors (Lipinski definition) is 4. The molecule has 3 aliphatic rings. The number of nitrogens with zero attached hydrogens (tertiary/aromatic N) is 3. The number of anilines is 1. The molecule has 4 amide bonds. The van der Waals surface area contributed by atoms with Crippen LogP contribution in [0, 0.1) is 6.42 Å². The van der Waals surface area contributed by atoms with Crippen LogP contribution < -0.4 is 10.6 Å². The Morgan fingerprint density at radius 3 is 2.28 bits per heavy atom. The normalized spacial score (nSPS) is 27.2. The van der Waals surface area contributed by atoms with E-state index in [9.17, 15) is 14.4 Å². The van der Waals surface area contributed by atoms with E-state index >= 15 is 0 Å². The van der Waals surface area contributed by atoms with Crippen LogP contribution in [0.3, 0.4) is 0 Å². The van der Waals surface area contributed by atoms with Crippen molar-refractivity contribution < 1.29 is 14.4 Å². The van der Waals surface area contributed by atoms with Gasteiger partial charge >= 0.3 is 6.03 Å². The molecule has 7 nitrogen and oxygen atoms in total. The largest absolute Gasteiger partial charge is 0.367 e.